The summed E-state index contributed by atoms with van der Waals surface area (Å²) in [5, 5.41) is 0. The van der Waals surface area contributed by atoms with E-state index in [4.69, 9.17) is 5.73 Å². The lowest BCUT2D eigenvalue weighted by atomic mass is 9.94. The Bertz CT molecular complexity index is 436. The number of piperidine rings is 1. The van der Waals surface area contributed by atoms with E-state index in [-0.39, 0.29) is 24.2 Å². The minimum Gasteiger partial charge on any atom is -0.341 e. The highest BCUT2D eigenvalue weighted by Crippen LogP contribution is 2.17. The van der Waals surface area contributed by atoms with Gasteiger partial charge in [-0.2, -0.15) is 0 Å². The first-order valence-electron chi connectivity index (χ1n) is 6.34. The van der Waals surface area contributed by atoms with Crippen LogP contribution in [0.1, 0.15) is 18.9 Å². The van der Waals surface area contributed by atoms with Crippen LogP contribution in [0.4, 0.5) is 4.39 Å². The van der Waals surface area contributed by atoms with Gasteiger partial charge in [-0.1, -0.05) is 25.1 Å². The second kappa shape index (κ2) is 5.48. The van der Waals surface area contributed by atoms with Gasteiger partial charge in [0.1, 0.15) is 5.82 Å². The second-order valence-electron chi connectivity index (χ2n) is 5.04. The molecule has 0 aromatic heterocycles. The summed E-state index contributed by atoms with van der Waals surface area (Å²) in [6.45, 7) is 3.40. The molecule has 0 radical (unpaired) electrons. The van der Waals surface area contributed by atoms with E-state index in [1.807, 2.05) is 0 Å². The Labute approximate surface area is 107 Å². The molecule has 0 spiro atoms. The molecule has 1 aromatic carbocycles. The number of rotatable bonds is 2. The largest absolute Gasteiger partial charge is 0.341 e. The molecule has 2 unspecified atom stereocenters. The maximum absolute atomic E-state index is 13.5. The molecule has 1 saturated heterocycles. The lowest BCUT2D eigenvalue weighted by Gasteiger charge is -2.35. The number of benzene rings is 1. The minimum atomic E-state index is -0.319. The highest BCUT2D eigenvalue weighted by molar-refractivity contribution is 5.79. The molecule has 18 heavy (non-hydrogen) atoms. The van der Waals surface area contributed by atoms with Crippen molar-refractivity contribution in [1.82, 2.24) is 4.90 Å². The molecule has 1 fully saturated rings. The normalized spacial score (nSPS) is 24.1. The van der Waals surface area contributed by atoms with Crippen LogP contribution in [-0.4, -0.2) is 29.9 Å². The summed E-state index contributed by atoms with van der Waals surface area (Å²) >= 11 is 0. The van der Waals surface area contributed by atoms with E-state index in [2.05, 4.69) is 6.92 Å². The summed E-state index contributed by atoms with van der Waals surface area (Å²) in [6.07, 6.45) is 1.04. The first-order valence-corrected chi connectivity index (χ1v) is 6.34. The number of nitrogens with zero attached hydrogens (tertiary/aromatic N) is 1. The molecule has 0 saturated carbocycles. The first kappa shape index (κ1) is 13.0. The zero-order valence-corrected chi connectivity index (χ0v) is 10.6. The van der Waals surface area contributed by atoms with Crippen LogP contribution in [0.15, 0.2) is 24.3 Å². The number of carbonyl (C=O) groups excluding carboxylic acids is 1. The molecule has 2 rings (SSSR count). The molecule has 4 heteroatoms. The predicted octanol–water partition coefficient (Wildman–Crippen LogP) is 1.56. The fourth-order valence-electron chi connectivity index (χ4n) is 2.24. The smallest absolute Gasteiger partial charge is 0.227 e. The van der Waals surface area contributed by atoms with Crippen LogP contribution in [0.25, 0.3) is 0 Å². The second-order valence-corrected chi connectivity index (χ2v) is 5.04. The molecule has 2 atom stereocenters. The van der Waals surface area contributed by atoms with Crippen molar-refractivity contribution in [1.29, 1.82) is 0 Å². The van der Waals surface area contributed by atoms with Crippen LogP contribution >= 0.6 is 0 Å². The van der Waals surface area contributed by atoms with Crippen LogP contribution in [0.2, 0.25) is 0 Å². The summed E-state index contributed by atoms with van der Waals surface area (Å²) in [6, 6.07) is 6.44. The molecule has 1 aromatic rings. The predicted molar refractivity (Wildman–Crippen MR) is 68.4 cm³/mol. The van der Waals surface area contributed by atoms with Gasteiger partial charge in [0.15, 0.2) is 0 Å². The zero-order chi connectivity index (χ0) is 13.1. The van der Waals surface area contributed by atoms with E-state index in [0.717, 1.165) is 13.0 Å². The topological polar surface area (TPSA) is 46.3 Å². The van der Waals surface area contributed by atoms with Gasteiger partial charge >= 0.3 is 0 Å². The average molecular weight is 250 g/mol. The fourth-order valence-corrected chi connectivity index (χ4v) is 2.24. The van der Waals surface area contributed by atoms with Crippen molar-refractivity contribution >= 4 is 5.91 Å². The van der Waals surface area contributed by atoms with Gasteiger partial charge in [0, 0.05) is 19.1 Å². The monoisotopic (exact) mass is 250 g/mol. The summed E-state index contributed by atoms with van der Waals surface area (Å²) < 4.78 is 13.5. The Balaban J connectivity index is 1.99. The van der Waals surface area contributed by atoms with Crippen LogP contribution < -0.4 is 5.73 Å². The third kappa shape index (κ3) is 2.88. The number of amides is 1. The van der Waals surface area contributed by atoms with Crippen molar-refractivity contribution in [3.8, 4) is 0 Å². The number of hydrogen-bond donors (Lipinski definition) is 1. The Morgan fingerprint density at radius 3 is 2.89 bits per heavy atom. The van der Waals surface area contributed by atoms with Crippen molar-refractivity contribution in [2.45, 2.75) is 25.8 Å². The summed E-state index contributed by atoms with van der Waals surface area (Å²) in [5.41, 5.74) is 6.42. The molecular weight excluding hydrogens is 231 g/mol. The number of carbonyl (C=O) groups is 1. The van der Waals surface area contributed by atoms with Gasteiger partial charge in [-0.25, -0.2) is 4.39 Å². The van der Waals surface area contributed by atoms with Gasteiger partial charge in [0.05, 0.1) is 6.42 Å². The maximum atomic E-state index is 13.5. The number of nitrogens with two attached hydrogens (primary N) is 1. The number of likely N-dealkylation sites (tertiary alicyclic amines) is 1. The highest BCUT2D eigenvalue weighted by Gasteiger charge is 2.26. The summed E-state index contributed by atoms with van der Waals surface area (Å²) in [7, 11) is 0. The first-order chi connectivity index (χ1) is 8.58. The van der Waals surface area contributed by atoms with E-state index in [1.54, 1.807) is 23.1 Å². The van der Waals surface area contributed by atoms with Crippen molar-refractivity contribution in [3.63, 3.8) is 0 Å². The van der Waals surface area contributed by atoms with E-state index < -0.39 is 0 Å². The molecule has 0 bridgehead atoms. The summed E-state index contributed by atoms with van der Waals surface area (Å²) in [5.74, 6) is 0.0884. The van der Waals surface area contributed by atoms with Gasteiger partial charge in [-0.3, -0.25) is 4.79 Å². The quantitative estimate of drug-likeness (QED) is 0.866. The van der Waals surface area contributed by atoms with Gasteiger partial charge in [0.25, 0.3) is 0 Å². The van der Waals surface area contributed by atoms with Crippen molar-refractivity contribution in [2.24, 2.45) is 11.7 Å². The third-order valence-electron chi connectivity index (χ3n) is 3.67. The third-order valence-corrected chi connectivity index (χ3v) is 3.67. The maximum Gasteiger partial charge on any atom is 0.227 e. The van der Waals surface area contributed by atoms with Crippen molar-refractivity contribution in [2.75, 3.05) is 13.1 Å². The Morgan fingerprint density at radius 1 is 1.50 bits per heavy atom. The Morgan fingerprint density at radius 2 is 2.22 bits per heavy atom. The van der Waals surface area contributed by atoms with Gasteiger partial charge in [-0.05, 0) is 24.0 Å². The minimum absolute atomic E-state index is 0.0309. The molecule has 2 N–H and O–H groups in total. The van der Waals surface area contributed by atoms with E-state index in [0.29, 0.717) is 18.0 Å². The lowest BCUT2D eigenvalue weighted by molar-refractivity contribution is -0.132. The van der Waals surface area contributed by atoms with Crippen LogP contribution in [0.5, 0.6) is 0 Å². The van der Waals surface area contributed by atoms with Gasteiger partial charge in [-0.15, -0.1) is 0 Å². The summed E-state index contributed by atoms with van der Waals surface area (Å²) in [4.78, 5) is 13.8. The molecule has 1 heterocycles. The average Bonchev–Trinajstić information content (AvgIpc) is 2.35. The molecule has 0 aliphatic carbocycles. The van der Waals surface area contributed by atoms with Crippen LogP contribution in [0.3, 0.4) is 0 Å². The van der Waals surface area contributed by atoms with Crippen molar-refractivity contribution < 1.29 is 9.18 Å². The SMILES string of the molecule is CC1CCN(C(=O)Cc2ccccc2F)CC1N. The Kier molecular flexibility index (Phi) is 3.97. The lowest BCUT2D eigenvalue weighted by Crippen LogP contribution is -2.50. The van der Waals surface area contributed by atoms with E-state index in [1.165, 1.54) is 6.07 Å². The van der Waals surface area contributed by atoms with Crippen LogP contribution in [-0.2, 0) is 11.2 Å². The number of halogens is 1. The standard InChI is InChI=1S/C14H19FN2O/c1-10-6-7-17(9-13(10)16)14(18)8-11-4-2-3-5-12(11)15/h2-5,10,13H,6-9,16H2,1H3. The molecule has 1 aliphatic rings. The molecule has 3 nitrogen and oxygen atoms in total. The highest BCUT2D eigenvalue weighted by atomic mass is 19.1. The molecule has 1 amide bonds. The number of hydrogen-bond acceptors (Lipinski definition) is 2. The zero-order valence-electron chi connectivity index (χ0n) is 10.6. The Hall–Kier alpha value is -1.42. The van der Waals surface area contributed by atoms with Crippen LogP contribution in [0, 0.1) is 11.7 Å². The fraction of sp³-hybridized carbons (Fsp3) is 0.500. The van der Waals surface area contributed by atoms with Gasteiger partial charge < -0.3 is 10.6 Å². The molecule has 1 aliphatic heterocycles. The van der Waals surface area contributed by atoms with Crippen molar-refractivity contribution in [3.05, 3.63) is 35.6 Å². The van der Waals surface area contributed by atoms with Gasteiger partial charge in [0.2, 0.25) is 5.91 Å². The van der Waals surface area contributed by atoms with E-state index >= 15 is 0 Å². The molecule has 98 valence electrons. The van der Waals surface area contributed by atoms with E-state index in [9.17, 15) is 9.18 Å². The molecular formula is C14H19FN2O.